The fourth-order valence-corrected chi connectivity index (χ4v) is 3.11. The summed E-state index contributed by atoms with van der Waals surface area (Å²) in [5.74, 6) is 0.0927. The van der Waals surface area contributed by atoms with Crippen LogP contribution >= 0.6 is 11.3 Å². The molecule has 1 aromatic carbocycles. The van der Waals surface area contributed by atoms with Crippen LogP contribution in [0.1, 0.15) is 16.4 Å². The van der Waals surface area contributed by atoms with Gasteiger partial charge in [0.25, 0.3) is 0 Å². The summed E-state index contributed by atoms with van der Waals surface area (Å²) in [6, 6.07) is 7.25. The number of benzene rings is 1. The first kappa shape index (κ1) is 16.2. The molecule has 0 aliphatic rings. The minimum absolute atomic E-state index is 0.354. The summed E-state index contributed by atoms with van der Waals surface area (Å²) in [7, 11) is 4.61. The number of hydrogen-bond donors (Lipinski definition) is 1. The summed E-state index contributed by atoms with van der Waals surface area (Å²) < 4.78 is 15.9. The van der Waals surface area contributed by atoms with Gasteiger partial charge in [-0.3, -0.25) is 4.79 Å². The van der Waals surface area contributed by atoms with Crippen LogP contribution in [0.5, 0.6) is 17.2 Å². The highest BCUT2D eigenvalue weighted by molar-refractivity contribution is 7.10. The molecule has 0 saturated heterocycles. The highest BCUT2D eigenvalue weighted by Crippen LogP contribution is 2.39. The van der Waals surface area contributed by atoms with Crippen LogP contribution < -0.4 is 14.2 Å². The van der Waals surface area contributed by atoms with E-state index < -0.39 is 11.9 Å². The molecule has 6 heteroatoms. The molecule has 0 aliphatic heterocycles. The summed E-state index contributed by atoms with van der Waals surface area (Å²) in [6.07, 6.45) is 0.354. The Morgan fingerprint density at radius 2 is 1.82 bits per heavy atom. The zero-order chi connectivity index (χ0) is 16.1. The Bertz CT molecular complexity index is 611. The smallest absolute Gasteiger partial charge is 0.312 e. The molecule has 2 aromatic rings. The van der Waals surface area contributed by atoms with E-state index in [2.05, 4.69) is 0 Å². The van der Waals surface area contributed by atoms with Crippen LogP contribution in [-0.2, 0) is 11.2 Å². The van der Waals surface area contributed by atoms with E-state index >= 15 is 0 Å². The van der Waals surface area contributed by atoms with Gasteiger partial charge in [0.1, 0.15) is 0 Å². The highest BCUT2D eigenvalue weighted by Gasteiger charge is 2.23. The van der Waals surface area contributed by atoms with Crippen LogP contribution in [0.4, 0.5) is 0 Å². The number of hydrogen-bond acceptors (Lipinski definition) is 5. The molecule has 0 spiro atoms. The first-order valence-electron chi connectivity index (χ1n) is 6.65. The molecular formula is C16H18O5S. The van der Waals surface area contributed by atoms with Gasteiger partial charge in [0, 0.05) is 4.88 Å². The molecule has 1 unspecified atom stereocenters. The first-order chi connectivity index (χ1) is 10.6. The topological polar surface area (TPSA) is 65.0 Å². The van der Waals surface area contributed by atoms with E-state index in [9.17, 15) is 9.90 Å². The van der Waals surface area contributed by atoms with Crippen molar-refractivity contribution in [2.75, 3.05) is 21.3 Å². The Hall–Kier alpha value is -2.21. The molecule has 1 heterocycles. The standard InChI is InChI=1S/C16H18O5S/c1-19-12-8-10(9-13(20-2)15(12)21-3)7-11(16(17)18)14-5-4-6-22-14/h4-6,8-9,11H,7H2,1-3H3,(H,17,18). The first-order valence-corrected chi connectivity index (χ1v) is 7.53. The van der Waals surface area contributed by atoms with E-state index in [1.165, 1.54) is 32.7 Å². The molecule has 2 rings (SSSR count). The van der Waals surface area contributed by atoms with Crippen molar-refractivity contribution in [1.82, 2.24) is 0 Å². The maximum Gasteiger partial charge on any atom is 0.312 e. The van der Waals surface area contributed by atoms with Gasteiger partial charge in [0.15, 0.2) is 11.5 Å². The Morgan fingerprint density at radius 3 is 2.23 bits per heavy atom. The minimum atomic E-state index is -0.851. The lowest BCUT2D eigenvalue weighted by atomic mass is 9.97. The molecule has 0 bridgehead atoms. The summed E-state index contributed by atoms with van der Waals surface area (Å²) in [5, 5.41) is 11.4. The molecule has 1 aromatic heterocycles. The van der Waals surface area contributed by atoms with Crippen molar-refractivity contribution in [2.45, 2.75) is 12.3 Å². The predicted octanol–water partition coefficient (Wildman–Crippen LogP) is 3.18. The zero-order valence-electron chi connectivity index (χ0n) is 12.7. The van der Waals surface area contributed by atoms with E-state index in [4.69, 9.17) is 14.2 Å². The lowest BCUT2D eigenvalue weighted by molar-refractivity contribution is -0.138. The van der Waals surface area contributed by atoms with Gasteiger partial charge in [-0.1, -0.05) is 6.07 Å². The predicted molar refractivity (Wildman–Crippen MR) is 84.5 cm³/mol. The summed E-state index contributed by atoms with van der Waals surface area (Å²) >= 11 is 1.44. The average Bonchev–Trinajstić information content (AvgIpc) is 3.05. The lowest BCUT2D eigenvalue weighted by Crippen LogP contribution is -2.13. The van der Waals surface area contributed by atoms with Crippen LogP contribution in [0.25, 0.3) is 0 Å². The van der Waals surface area contributed by atoms with Gasteiger partial charge in [-0.2, -0.15) is 0 Å². The van der Waals surface area contributed by atoms with E-state index in [1.54, 1.807) is 12.1 Å². The Labute approximate surface area is 133 Å². The normalized spacial score (nSPS) is 11.8. The molecule has 0 fully saturated rings. The van der Waals surface area contributed by atoms with Crippen LogP contribution in [0.3, 0.4) is 0 Å². The number of rotatable bonds is 7. The quantitative estimate of drug-likeness (QED) is 0.848. The third kappa shape index (κ3) is 3.33. The number of thiophene rings is 1. The molecule has 1 N–H and O–H groups in total. The van der Waals surface area contributed by atoms with Crippen LogP contribution in [0, 0.1) is 0 Å². The minimum Gasteiger partial charge on any atom is -0.493 e. The molecule has 0 amide bonds. The number of carboxylic acid groups (broad SMARTS) is 1. The van der Waals surface area contributed by atoms with Gasteiger partial charge in [-0.05, 0) is 35.6 Å². The molecule has 22 heavy (non-hydrogen) atoms. The second-order valence-electron chi connectivity index (χ2n) is 4.64. The maximum atomic E-state index is 11.6. The van der Waals surface area contributed by atoms with Crippen molar-refractivity contribution in [3.63, 3.8) is 0 Å². The highest BCUT2D eigenvalue weighted by atomic mass is 32.1. The van der Waals surface area contributed by atoms with Crippen LogP contribution in [0.2, 0.25) is 0 Å². The molecule has 0 aliphatic carbocycles. The summed E-state index contributed by atoms with van der Waals surface area (Å²) in [6.45, 7) is 0. The monoisotopic (exact) mass is 322 g/mol. The lowest BCUT2D eigenvalue weighted by Gasteiger charge is -2.16. The molecule has 0 radical (unpaired) electrons. The van der Waals surface area contributed by atoms with Gasteiger partial charge < -0.3 is 19.3 Å². The molecule has 1 atom stereocenters. The van der Waals surface area contributed by atoms with Crippen molar-refractivity contribution < 1.29 is 24.1 Å². The van der Waals surface area contributed by atoms with Crippen molar-refractivity contribution in [3.8, 4) is 17.2 Å². The second kappa shape index (κ2) is 7.17. The van der Waals surface area contributed by atoms with Gasteiger partial charge in [0.2, 0.25) is 5.75 Å². The zero-order valence-corrected chi connectivity index (χ0v) is 13.5. The SMILES string of the molecule is COc1cc(CC(C(=O)O)c2cccs2)cc(OC)c1OC. The van der Waals surface area contributed by atoms with Crippen molar-refractivity contribution >= 4 is 17.3 Å². The summed E-state index contributed by atoms with van der Waals surface area (Å²) in [4.78, 5) is 12.4. The number of aliphatic carboxylic acids is 1. The number of ether oxygens (including phenoxy) is 3. The Morgan fingerprint density at radius 1 is 1.18 bits per heavy atom. The van der Waals surface area contributed by atoms with Crippen molar-refractivity contribution in [2.24, 2.45) is 0 Å². The third-order valence-corrected chi connectivity index (χ3v) is 4.34. The van der Waals surface area contributed by atoms with Crippen LogP contribution in [-0.4, -0.2) is 32.4 Å². The van der Waals surface area contributed by atoms with Crippen LogP contribution in [0.15, 0.2) is 29.6 Å². The Kier molecular flexibility index (Phi) is 5.27. The number of carboxylic acids is 1. The molecular weight excluding hydrogens is 304 g/mol. The number of methoxy groups -OCH3 is 3. The second-order valence-corrected chi connectivity index (χ2v) is 5.62. The number of carbonyl (C=O) groups is 1. The fourth-order valence-electron chi connectivity index (χ4n) is 2.29. The molecule has 0 saturated carbocycles. The van der Waals surface area contributed by atoms with E-state index in [0.717, 1.165) is 10.4 Å². The fraction of sp³-hybridized carbons (Fsp3) is 0.312. The summed E-state index contributed by atoms with van der Waals surface area (Å²) in [5.41, 5.74) is 0.815. The van der Waals surface area contributed by atoms with Gasteiger partial charge in [-0.15, -0.1) is 11.3 Å². The van der Waals surface area contributed by atoms with Crippen molar-refractivity contribution in [3.05, 3.63) is 40.1 Å². The van der Waals surface area contributed by atoms with Gasteiger partial charge in [0.05, 0.1) is 27.2 Å². The largest absolute Gasteiger partial charge is 0.493 e. The van der Waals surface area contributed by atoms with E-state index in [1.807, 2.05) is 17.5 Å². The molecule has 118 valence electrons. The van der Waals surface area contributed by atoms with E-state index in [0.29, 0.717) is 23.7 Å². The Balaban J connectivity index is 2.37. The maximum absolute atomic E-state index is 11.6. The van der Waals surface area contributed by atoms with Crippen molar-refractivity contribution in [1.29, 1.82) is 0 Å². The van der Waals surface area contributed by atoms with Gasteiger partial charge >= 0.3 is 5.97 Å². The average molecular weight is 322 g/mol. The van der Waals surface area contributed by atoms with Gasteiger partial charge in [-0.25, -0.2) is 0 Å². The van der Waals surface area contributed by atoms with E-state index in [-0.39, 0.29) is 0 Å². The molecule has 5 nitrogen and oxygen atoms in total. The third-order valence-electron chi connectivity index (χ3n) is 3.35.